The largest absolute Gasteiger partial charge is 0.341 e. The van der Waals surface area contributed by atoms with E-state index in [4.69, 9.17) is 0 Å². The second kappa shape index (κ2) is 2.41. The quantitative estimate of drug-likeness (QED) is 0.566. The van der Waals surface area contributed by atoms with E-state index in [0.29, 0.717) is 5.82 Å². The Morgan fingerprint density at radius 1 is 1.20 bits per heavy atom. The SMILES string of the molecule is Cc1nc2c([nH]1)C(=O)c1[nH]cnc1C2=O.[HH].[HH]. The maximum atomic E-state index is 11.8. The topological polar surface area (TPSA) is 91.5 Å². The summed E-state index contributed by atoms with van der Waals surface area (Å²) < 4.78 is 0. The molecule has 2 N–H and O–H groups in total. The minimum atomic E-state index is -0.315. The lowest BCUT2D eigenvalue weighted by Crippen LogP contribution is -2.20. The fraction of sp³-hybridized carbons (Fsp3) is 0.111. The summed E-state index contributed by atoms with van der Waals surface area (Å²) in [5.41, 5.74) is 0.793. The van der Waals surface area contributed by atoms with Gasteiger partial charge in [-0.25, -0.2) is 9.97 Å². The summed E-state index contributed by atoms with van der Waals surface area (Å²) in [7, 11) is 0. The van der Waals surface area contributed by atoms with Gasteiger partial charge in [0.25, 0.3) is 0 Å². The molecule has 0 spiro atoms. The number of rotatable bonds is 0. The third kappa shape index (κ3) is 0.876. The molecule has 0 saturated carbocycles. The number of nitrogens with one attached hydrogen (secondary N) is 2. The molecule has 0 unspecified atom stereocenters. The van der Waals surface area contributed by atoms with Crippen LogP contribution in [0.4, 0.5) is 0 Å². The number of carbonyl (C=O) groups excluding carboxylic acids is 2. The van der Waals surface area contributed by atoms with Crippen molar-refractivity contribution in [1.82, 2.24) is 19.9 Å². The molecule has 2 aromatic heterocycles. The number of nitrogens with zero attached hydrogens (tertiary/aromatic N) is 2. The molecule has 0 atom stereocenters. The summed E-state index contributed by atoms with van der Waals surface area (Å²) >= 11 is 0. The molecule has 0 saturated heterocycles. The van der Waals surface area contributed by atoms with Crippen LogP contribution in [0.5, 0.6) is 0 Å². The third-order valence-corrected chi connectivity index (χ3v) is 2.35. The minimum absolute atomic E-state index is 0. The summed E-state index contributed by atoms with van der Waals surface area (Å²) in [4.78, 5) is 36.9. The highest BCUT2D eigenvalue weighted by Gasteiger charge is 2.34. The molecule has 15 heavy (non-hydrogen) atoms. The van der Waals surface area contributed by atoms with Crippen LogP contribution in [-0.4, -0.2) is 31.5 Å². The number of hydrogen-bond acceptors (Lipinski definition) is 4. The van der Waals surface area contributed by atoms with Gasteiger partial charge < -0.3 is 9.97 Å². The zero-order valence-corrected chi connectivity index (χ0v) is 7.79. The van der Waals surface area contributed by atoms with Crippen LogP contribution in [0, 0.1) is 6.92 Å². The maximum absolute atomic E-state index is 11.8. The average molecular weight is 206 g/mol. The van der Waals surface area contributed by atoms with E-state index >= 15 is 0 Å². The Labute approximate surface area is 86.7 Å². The van der Waals surface area contributed by atoms with E-state index in [9.17, 15) is 9.59 Å². The van der Waals surface area contributed by atoms with Gasteiger partial charge in [0.2, 0.25) is 11.6 Å². The first kappa shape index (κ1) is 8.10. The Morgan fingerprint density at radius 3 is 2.80 bits per heavy atom. The highest BCUT2D eigenvalue weighted by molar-refractivity contribution is 6.25. The van der Waals surface area contributed by atoms with E-state index in [0.717, 1.165) is 0 Å². The second-order valence-corrected chi connectivity index (χ2v) is 3.33. The summed E-state index contributed by atoms with van der Waals surface area (Å²) in [6, 6.07) is 0. The van der Waals surface area contributed by atoms with Gasteiger partial charge in [0.1, 0.15) is 28.6 Å². The number of aromatic nitrogens is 4. The van der Waals surface area contributed by atoms with E-state index in [2.05, 4.69) is 19.9 Å². The highest BCUT2D eigenvalue weighted by atomic mass is 16.1. The fourth-order valence-electron chi connectivity index (χ4n) is 1.70. The lowest BCUT2D eigenvalue weighted by atomic mass is 10.00. The first-order valence-corrected chi connectivity index (χ1v) is 4.38. The van der Waals surface area contributed by atoms with Crippen molar-refractivity contribution >= 4 is 11.6 Å². The van der Waals surface area contributed by atoms with Gasteiger partial charge in [-0.05, 0) is 6.92 Å². The molecule has 1 aliphatic rings. The average Bonchev–Trinajstić information content (AvgIpc) is 2.79. The summed E-state index contributed by atoms with van der Waals surface area (Å²) in [6.45, 7) is 1.70. The number of ketones is 2. The van der Waals surface area contributed by atoms with Gasteiger partial charge in [-0.15, -0.1) is 0 Å². The molecule has 6 nitrogen and oxygen atoms in total. The Morgan fingerprint density at radius 2 is 2.00 bits per heavy atom. The predicted molar refractivity (Wildman–Crippen MR) is 53.0 cm³/mol. The van der Waals surface area contributed by atoms with Gasteiger partial charge in [0.05, 0.1) is 6.33 Å². The third-order valence-electron chi connectivity index (χ3n) is 2.35. The number of H-pyrrole nitrogens is 2. The summed E-state index contributed by atoms with van der Waals surface area (Å²) in [6.07, 6.45) is 1.33. The molecule has 6 heteroatoms. The Balaban J connectivity index is 0.000000722. The number of imidazole rings is 2. The van der Waals surface area contributed by atoms with Gasteiger partial charge in [0.15, 0.2) is 0 Å². The van der Waals surface area contributed by atoms with Crippen molar-refractivity contribution in [2.75, 3.05) is 0 Å². The van der Waals surface area contributed by atoms with Crippen LogP contribution in [0.25, 0.3) is 0 Å². The standard InChI is InChI=1S/C9H6N4O2.2H2/c1-3-12-6-7(13-3)9(15)5-4(8(6)14)10-2-11-5;;/h2H,1H3,(H,10,11)(H,12,13);2*1H. The molecule has 0 radical (unpaired) electrons. The molecule has 2 aromatic rings. The molecular weight excluding hydrogens is 196 g/mol. The van der Waals surface area contributed by atoms with Gasteiger partial charge in [-0.2, -0.15) is 0 Å². The Bertz CT molecular complexity index is 554. The van der Waals surface area contributed by atoms with Crippen LogP contribution in [0.15, 0.2) is 6.33 Å². The molecule has 0 fully saturated rings. The first-order chi connectivity index (χ1) is 7.18. The van der Waals surface area contributed by atoms with E-state index in [1.165, 1.54) is 6.33 Å². The molecule has 0 bridgehead atoms. The monoisotopic (exact) mass is 206 g/mol. The van der Waals surface area contributed by atoms with Crippen LogP contribution < -0.4 is 0 Å². The van der Waals surface area contributed by atoms with Gasteiger partial charge in [0, 0.05) is 2.85 Å². The van der Waals surface area contributed by atoms with Crippen LogP contribution >= 0.6 is 0 Å². The molecule has 0 amide bonds. The first-order valence-electron chi connectivity index (χ1n) is 4.38. The van der Waals surface area contributed by atoms with E-state index in [-0.39, 0.29) is 37.2 Å². The van der Waals surface area contributed by atoms with E-state index in [1.807, 2.05) is 0 Å². The molecule has 1 aliphatic carbocycles. The molecule has 0 aliphatic heterocycles. The highest BCUT2D eigenvalue weighted by Crippen LogP contribution is 2.22. The van der Waals surface area contributed by atoms with Crippen LogP contribution in [0.1, 0.15) is 41.0 Å². The maximum Gasteiger partial charge on any atom is 0.234 e. The molecule has 2 heterocycles. The number of carbonyl (C=O) groups is 2. The zero-order chi connectivity index (χ0) is 10.6. The van der Waals surface area contributed by atoms with E-state index < -0.39 is 0 Å². The number of fused-ring (bicyclic) bond motifs is 2. The van der Waals surface area contributed by atoms with Crippen molar-refractivity contribution in [3.63, 3.8) is 0 Å². The Hall–Kier alpha value is -2.24. The summed E-state index contributed by atoms with van der Waals surface area (Å²) in [5, 5.41) is 0. The van der Waals surface area contributed by atoms with Crippen molar-refractivity contribution in [1.29, 1.82) is 0 Å². The van der Waals surface area contributed by atoms with Gasteiger partial charge >= 0.3 is 0 Å². The second-order valence-electron chi connectivity index (χ2n) is 3.33. The van der Waals surface area contributed by atoms with E-state index in [1.54, 1.807) is 6.92 Å². The zero-order valence-electron chi connectivity index (χ0n) is 7.79. The summed E-state index contributed by atoms with van der Waals surface area (Å²) in [5.74, 6) is -0.0326. The lowest BCUT2D eigenvalue weighted by Gasteiger charge is -2.06. The van der Waals surface area contributed by atoms with Gasteiger partial charge in [-0.3, -0.25) is 9.59 Å². The van der Waals surface area contributed by atoms with Crippen molar-refractivity contribution in [2.24, 2.45) is 0 Å². The molecule has 78 valence electrons. The van der Waals surface area contributed by atoms with Crippen molar-refractivity contribution in [3.8, 4) is 0 Å². The smallest absolute Gasteiger partial charge is 0.234 e. The predicted octanol–water partition coefficient (Wildman–Crippen LogP) is 0.709. The van der Waals surface area contributed by atoms with Crippen molar-refractivity contribution < 1.29 is 12.4 Å². The fourth-order valence-corrected chi connectivity index (χ4v) is 1.70. The van der Waals surface area contributed by atoms with Crippen LogP contribution in [-0.2, 0) is 0 Å². The van der Waals surface area contributed by atoms with Crippen molar-refractivity contribution in [2.45, 2.75) is 6.92 Å². The van der Waals surface area contributed by atoms with Crippen molar-refractivity contribution in [3.05, 3.63) is 34.9 Å². The minimum Gasteiger partial charge on any atom is -0.341 e. The molecular formula is C9H10N4O2. The number of aryl methyl sites for hydroxylation is 1. The number of aromatic amines is 2. The normalized spacial score (nSPS) is 13.9. The lowest BCUT2D eigenvalue weighted by molar-refractivity contribution is 0.0969. The number of hydrogen-bond donors (Lipinski definition) is 2. The van der Waals surface area contributed by atoms with Crippen LogP contribution in [0.3, 0.4) is 0 Å². The molecule has 0 aromatic carbocycles. The van der Waals surface area contributed by atoms with Gasteiger partial charge in [-0.1, -0.05) is 0 Å². The van der Waals surface area contributed by atoms with Crippen LogP contribution in [0.2, 0.25) is 0 Å². The Kier molecular flexibility index (Phi) is 1.30. The molecule has 3 rings (SSSR count).